The first-order chi connectivity index (χ1) is 17.2. The first kappa shape index (κ1) is 22.3. The first-order valence-corrected chi connectivity index (χ1v) is 13.5. The largest absolute Gasteiger partial charge is 0.459 e. The van der Waals surface area contributed by atoms with Crippen molar-refractivity contribution in [2.75, 3.05) is 0 Å². The van der Waals surface area contributed by atoms with Crippen molar-refractivity contribution in [2.45, 2.75) is 71.3 Å². The average Bonchev–Trinajstić information content (AvgIpc) is 2.89. The average molecular weight is 463 g/mol. The Labute approximate surface area is 207 Å². The maximum atomic E-state index is 13.4. The van der Waals surface area contributed by atoms with E-state index >= 15 is 0 Å². The van der Waals surface area contributed by atoms with Crippen LogP contribution < -0.4 is 0 Å². The molecule has 0 aromatic heterocycles. The molecule has 2 nitrogen and oxygen atoms in total. The van der Waals surface area contributed by atoms with E-state index in [4.69, 9.17) is 4.74 Å². The highest BCUT2D eigenvalue weighted by molar-refractivity contribution is 6.34. The molecule has 0 amide bonds. The number of unbranched alkanes of at least 4 members (excludes halogenated alkanes) is 2. The summed E-state index contributed by atoms with van der Waals surface area (Å²) in [6.45, 7) is 4.44. The lowest BCUT2D eigenvalue weighted by Crippen LogP contribution is -2.24. The van der Waals surface area contributed by atoms with Crippen LogP contribution in [0, 0.1) is 12.8 Å². The van der Waals surface area contributed by atoms with Crippen molar-refractivity contribution in [2.24, 2.45) is 5.92 Å². The van der Waals surface area contributed by atoms with Gasteiger partial charge in [0.15, 0.2) is 0 Å². The predicted octanol–water partition coefficient (Wildman–Crippen LogP) is 9.34. The van der Waals surface area contributed by atoms with Crippen LogP contribution in [-0.4, -0.2) is 12.1 Å². The monoisotopic (exact) mass is 462 g/mol. The van der Waals surface area contributed by atoms with Crippen molar-refractivity contribution >= 4 is 49.1 Å². The molecular weight excluding hydrogens is 428 g/mol. The molecule has 5 aromatic rings. The minimum atomic E-state index is -0.170. The van der Waals surface area contributed by atoms with Crippen molar-refractivity contribution < 1.29 is 9.53 Å². The van der Waals surface area contributed by atoms with E-state index in [-0.39, 0.29) is 12.1 Å². The molecular formula is C33H34O2. The molecule has 5 aromatic carbocycles. The molecule has 0 atom stereocenters. The van der Waals surface area contributed by atoms with Crippen LogP contribution in [0.1, 0.15) is 74.2 Å². The minimum absolute atomic E-state index is 0.0492. The Kier molecular flexibility index (Phi) is 5.84. The lowest BCUT2D eigenvalue weighted by molar-refractivity contribution is 0.0163. The lowest BCUT2D eigenvalue weighted by Gasteiger charge is -2.28. The van der Waals surface area contributed by atoms with Gasteiger partial charge >= 0.3 is 5.97 Å². The third-order valence-corrected chi connectivity index (χ3v) is 8.38. The molecule has 0 N–H and O–H groups in total. The fraction of sp³-hybridized carbons (Fsp3) is 0.364. The van der Waals surface area contributed by atoms with Crippen LogP contribution in [0.2, 0.25) is 0 Å². The van der Waals surface area contributed by atoms with E-state index < -0.39 is 0 Å². The molecule has 0 radical (unpaired) electrons. The summed E-state index contributed by atoms with van der Waals surface area (Å²) in [6, 6.07) is 21.5. The lowest BCUT2D eigenvalue weighted by atomic mass is 9.84. The van der Waals surface area contributed by atoms with Crippen LogP contribution in [0.4, 0.5) is 0 Å². The summed E-state index contributed by atoms with van der Waals surface area (Å²) < 4.78 is 6.09. The number of carbonyl (C=O) groups excluding carboxylic acids is 1. The number of benzene rings is 5. The van der Waals surface area contributed by atoms with Crippen molar-refractivity contribution in [1.82, 2.24) is 0 Å². The molecule has 6 rings (SSSR count). The van der Waals surface area contributed by atoms with Gasteiger partial charge in [-0.05, 0) is 93.2 Å². The summed E-state index contributed by atoms with van der Waals surface area (Å²) in [5.41, 5.74) is 1.99. The van der Waals surface area contributed by atoms with E-state index in [2.05, 4.69) is 68.4 Å². The van der Waals surface area contributed by atoms with Gasteiger partial charge in [0.2, 0.25) is 0 Å². The van der Waals surface area contributed by atoms with E-state index in [0.717, 1.165) is 24.1 Å². The maximum absolute atomic E-state index is 13.4. The molecule has 1 aliphatic carbocycles. The summed E-state index contributed by atoms with van der Waals surface area (Å²) in [5, 5.41) is 9.73. The number of hydrogen-bond donors (Lipinski definition) is 0. The minimum Gasteiger partial charge on any atom is -0.459 e. The van der Waals surface area contributed by atoms with E-state index in [1.54, 1.807) is 0 Å². The van der Waals surface area contributed by atoms with Gasteiger partial charge in [0.1, 0.15) is 6.10 Å². The molecule has 0 aliphatic heterocycles. The summed E-state index contributed by atoms with van der Waals surface area (Å²) >= 11 is 0. The van der Waals surface area contributed by atoms with Gasteiger partial charge in [-0.1, -0.05) is 87.2 Å². The van der Waals surface area contributed by atoms with Crippen LogP contribution in [0.25, 0.3) is 43.1 Å². The second-order valence-corrected chi connectivity index (χ2v) is 10.6. The molecule has 1 fully saturated rings. The number of carbonyl (C=O) groups is 1. The molecule has 1 saturated carbocycles. The maximum Gasteiger partial charge on any atom is 0.339 e. The molecule has 0 unspecified atom stereocenters. The van der Waals surface area contributed by atoms with Gasteiger partial charge in [0.25, 0.3) is 0 Å². The van der Waals surface area contributed by atoms with Crippen LogP contribution in [0.3, 0.4) is 0 Å². The first-order valence-electron chi connectivity index (χ1n) is 13.5. The number of ether oxygens (including phenoxy) is 1. The standard InChI is InChI=1S/C33H34O2/c1-3-4-5-8-22-14-16-23(17-15-22)35-33(34)30-20-19-29-25-10-6-9-24-21(2)13-18-28(31(24)25)26-11-7-12-27(30)32(26)29/h6-7,9-13,18-20,22-23H,3-5,8,14-17H2,1-2H3. The molecule has 0 heterocycles. The van der Waals surface area contributed by atoms with Crippen LogP contribution in [-0.2, 0) is 4.74 Å². The summed E-state index contributed by atoms with van der Waals surface area (Å²) in [5.74, 6) is 0.638. The third kappa shape index (κ3) is 3.84. The van der Waals surface area contributed by atoms with Crippen LogP contribution in [0.5, 0.6) is 0 Å². The zero-order valence-corrected chi connectivity index (χ0v) is 20.9. The van der Waals surface area contributed by atoms with Crippen molar-refractivity contribution in [3.8, 4) is 0 Å². The molecule has 0 bridgehead atoms. The van der Waals surface area contributed by atoms with Gasteiger partial charge in [-0.3, -0.25) is 0 Å². The quantitative estimate of drug-likeness (QED) is 0.109. The molecule has 0 saturated heterocycles. The Morgan fingerprint density at radius 2 is 1.34 bits per heavy atom. The molecule has 1 aliphatic rings. The normalized spacial score (nSPS) is 18.7. The number of rotatable bonds is 6. The highest BCUT2D eigenvalue weighted by Crippen LogP contribution is 2.42. The third-order valence-electron chi connectivity index (χ3n) is 8.38. The Morgan fingerprint density at radius 1 is 0.743 bits per heavy atom. The molecule has 178 valence electrons. The summed E-state index contributed by atoms with van der Waals surface area (Å²) in [7, 11) is 0. The number of aryl methyl sites for hydroxylation is 1. The van der Waals surface area contributed by atoms with Crippen molar-refractivity contribution in [3.63, 3.8) is 0 Å². The van der Waals surface area contributed by atoms with Gasteiger partial charge in [0.05, 0.1) is 5.56 Å². The van der Waals surface area contributed by atoms with Gasteiger partial charge in [0, 0.05) is 0 Å². The van der Waals surface area contributed by atoms with E-state index in [1.165, 1.54) is 81.8 Å². The van der Waals surface area contributed by atoms with E-state index in [0.29, 0.717) is 5.56 Å². The number of hydrogen-bond acceptors (Lipinski definition) is 2. The Balaban J connectivity index is 1.35. The SMILES string of the molecule is CCCCCC1CCC(OC(=O)c2ccc3c4cccc5c(C)ccc(c6cccc2c63)c54)CC1. The van der Waals surface area contributed by atoms with Gasteiger partial charge < -0.3 is 4.74 Å². The fourth-order valence-corrected chi connectivity index (χ4v) is 6.47. The van der Waals surface area contributed by atoms with Gasteiger partial charge in [-0.15, -0.1) is 0 Å². The molecule has 0 spiro atoms. The van der Waals surface area contributed by atoms with Crippen LogP contribution >= 0.6 is 0 Å². The predicted molar refractivity (Wildman–Crippen MR) is 148 cm³/mol. The molecule has 35 heavy (non-hydrogen) atoms. The zero-order valence-electron chi connectivity index (χ0n) is 20.9. The van der Waals surface area contributed by atoms with Gasteiger partial charge in [-0.25, -0.2) is 4.79 Å². The summed E-state index contributed by atoms with van der Waals surface area (Å²) in [4.78, 5) is 13.4. The van der Waals surface area contributed by atoms with E-state index in [9.17, 15) is 4.79 Å². The smallest absolute Gasteiger partial charge is 0.339 e. The zero-order chi connectivity index (χ0) is 23.9. The Hall–Kier alpha value is -3.13. The molecule has 2 heteroatoms. The second kappa shape index (κ2) is 9.15. The van der Waals surface area contributed by atoms with E-state index in [1.807, 2.05) is 6.07 Å². The summed E-state index contributed by atoms with van der Waals surface area (Å²) in [6.07, 6.45) is 9.70. The second-order valence-electron chi connectivity index (χ2n) is 10.6. The topological polar surface area (TPSA) is 26.3 Å². The highest BCUT2D eigenvalue weighted by Gasteiger charge is 2.25. The van der Waals surface area contributed by atoms with Crippen molar-refractivity contribution in [3.05, 3.63) is 71.8 Å². The number of esters is 1. The van der Waals surface area contributed by atoms with Crippen LogP contribution in [0.15, 0.2) is 60.7 Å². The Morgan fingerprint density at radius 3 is 2.06 bits per heavy atom. The van der Waals surface area contributed by atoms with Crippen molar-refractivity contribution in [1.29, 1.82) is 0 Å². The number of fused-ring (bicyclic) bond motifs is 2. The fourth-order valence-electron chi connectivity index (χ4n) is 6.47. The highest BCUT2D eigenvalue weighted by atomic mass is 16.5. The van der Waals surface area contributed by atoms with Gasteiger partial charge in [-0.2, -0.15) is 0 Å². The Bertz CT molecular complexity index is 1500.